The number of ether oxygens (including phenoxy) is 3. The molecule has 0 bridgehead atoms. The molecule has 1 saturated heterocycles. The summed E-state index contributed by atoms with van der Waals surface area (Å²) in [7, 11) is 0. The van der Waals surface area contributed by atoms with Crippen molar-refractivity contribution in [2.24, 2.45) is 23.7 Å². The van der Waals surface area contributed by atoms with Crippen LogP contribution in [0.3, 0.4) is 0 Å². The fraction of sp³-hybridized carbons (Fsp3) is 0.786. The van der Waals surface area contributed by atoms with Gasteiger partial charge in [-0.15, -0.1) is 0 Å². The van der Waals surface area contributed by atoms with E-state index in [0.29, 0.717) is 0 Å². The lowest BCUT2D eigenvalue weighted by molar-refractivity contribution is -0.364. The third kappa shape index (κ3) is 2.60. The van der Waals surface area contributed by atoms with Gasteiger partial charge in [0.25, 0.3) is 0 Å². The summed E-state index contributed by atoms with van der Waals surface area (Å²) in [5, 5.41) is 0. The van der Waals surface area contributed by atoms with Crippen molar-refractivity contribution in [3.63, 3.8) is 0 Å². The van der Waals surface area contributed by atoms with Crippen molar-refractivity contribution in [2.45, 2.75) is 37.1 Å². The Labute approximate surface area is 152 Å². The van der Waals surface area contributed by atoms with E-state index in [9.17, 15) is 40.7 Å². The van der Waals surface area contributed by atoms with Crippen LogP contribution in [0.5, 0.6) is 0 Å². The molecule has 152 valence electrons. The minimum atomic E-state index is -5.99. The molecule has 13 heteroatoms. The lowest BCUT2D eigenvalue weighted by atomic mass is 9.45. The van der Waals surface area contributed by atoms with Gasteiger partial charge in [0.2, 0.25) is 0 Å². The van der Waals surface area contributed by atoms with E-state index in [-0.39, 0.29) is 0 Å². The fourth-order valence-electron chi connectivity index (χ4n) is 3.98. The van der Waals surface area contributed by atoms with Crippen molar-refractivity contribution < 1.29 is 54.9 Å². The third-order valence-electron chi connectivity index (χ3n) is 5.26. The molecule has 6 nitrogen and oxygen atoms in total. The van der Waals surface area contributed by atoms with Crippen molar-refractivity contribution in [2.75, 3.05) is 5.75 Å². The molecular weight excluding hydrogens is 410 g/mol. The number of thiol groups is 1. The predicted molar refractivity (Wildman–Crippen MR) is 74.2 cm³/mol. The molecule has 6 unspecified atom stereocenters. The molecule has 6 atom stereocenters. The number of carbonyl (C=O) groups is 3. The van der Waals surface area contributed by atoms with E-state index in [1.54, 1.807) is 0 Å². The molecule has 3 rings (SSSR count). The van der Waals surface area contributed by atoms with Gasteiger partial charge in [-0.3, -0.25) is 14.4 Å². The SMILES string of the molecule is CC(=O)OC1C2OC(=O)C3C(C(=O)OC(CS)(C(F)(F)F)C(F)(F)F)C1C23. The van der Waals surface area contributed by atoms with Crippen LogP contribution in [0, 0.1) is 23.7 Å². The zero-order valence-electron chi connectivity index (χ0n) is 13.3. The second-order valence-electron chi connectivity index (χ2n) is 6.58. The molecule has 1 heterocycles. The highest BCUT2D eigenvalue weighted by Gasteiger charge is 2.80. The van der Waals surface area contributed by atoms with Crippen LogP contribution < -0.4 is 0 Å². The van der Waals surface area contributed by atoms with Crippen molar-refractivity contribution in [1.29, 1.82) is 0 Å². The molecule has 0 aromatic carbocycles. The number of halogens is 6. The van der Waals surface area contributed by atoms with E-state index >= 15 is 0 Å². The van der Waals surface area contributed by atoms with E-state index < -0.39 is 77.5 Å². The summed E-state index contributed by atoms with van der Waals surface area (Å²) in [5.41, 5.74) is -4.83. The van der Waals surface area contributed by atoms with Gasteiger partial charge < -0.3 is 14.2 Å². The minimum absolute atomic E-state index is 0.610. The first kappa shape index (κ1) is 20.1. The summed E-state index contributed by atoms with van der Waals surface area (Å²) in [5.74, 6) is -9.91. The second kappa shape index (κ2) is 5.92. The van der Waals surface area contributed by atoms with Crippen LogP contribution in [0.2, 0.25) is 0 Å². The highest BCUT2D eigenvalue weighted by Crippen LogP contribution is 2.65. The molecule has 3 fully saturated rings. The van der Waals surface area contributed by atoms with Gasteiger partial charge in [0.1, 0.15) is 12.2 Å². The van der Waals surface area contributed by atoms with Crippen molar-refractivity contribution in [1.82, 2.24) is 0 Å². The minimum Gasteiger partial charge on any atom is -0.458 e. The van der Waals surface area contributed by atoms with Gasteiger partial charge in [-0.1, -0.05) is 0 Å². The summed E-state index contributed by atoms with van der Waals surface area (Å²) in [6.45, 7) is 1.02. The molecule has 0 radical (unpaired) electrons. The van der Waals surface area contributed by atoms with Gasteiger partial charge >= 0.3 is 35.9 Å². The van der Waals surface area contributed by atoms with Crippen LogP contribution in [0.15, 0.2) is 0 Å². The number of carbonyl (C=O) groups excluding carboxylic acids is 3. The highest BCUT2D eigenvalue weighted by molar-refractivity contribution is 7.80. The Bertz CT molecular complexity index is 677. The summed E-state index contributed by atoms with van der Waals surface area (Å²) >= 11 is 3.09. The monoisotopic (exact) mass is 422 g/mol. The van der Waals surface area contributed by atoms with Gasteiger partial charge in [-0.05, 0) is 0 Å². The molecule has 2 saturated carbocycles. The normalized spacial score (nSPS) is 34.7. The molecule has 0 spiro atoms. The standard InChI is InChI=1S/C14H12F6O6S/c1-3(21)24-8-5-4-6(10(22)25-9(4)8)7(5)11(23)26-12(2-27,13(15,16)17)14(18,19)20/h4-9,27H,2H2,1H3. The van der Waals surface area contributed by atoms with Crippen LogP contribution in [0.1, 0.15) is 6.92 Å². The maximum Gasteiger partial charge on any atom is 0.438 e. The number of rotatable bonds is 4. The Morgan fingerprint density at radius 2 is 1.67 bits per heavy atom. The molecule has 3 aliphatic rings. The van der Waals surface area contributed by atoms with Crippen LogP contribution >= 0.6 is 12.6 Å². The quantitative estimate of drug-likeness (QED) is 0.322. The summed E-state index contributed by atoms with van der Waals surface area (Å²) in [6.07, 6.45) is -13.9. The lowest BCUT2D eigenvalue weighted by Crippen LogP contribution is -2.71. The average Bonchev–Trinajstić information content (AvgIpc) is 2.60. The van der Waals surface area contributed by atoms with Crippen LogP contribution in [0.25, 0.3) is 0 Å². The molecule has 0 aromatic rings. The van der Waals surface area contributed by atoms with Crippen LogP contribution in [-0.4, -0.2) is 53.8 Å². The number of alkyl halides is 6. The molecule has 1 aliphatic heterocycles. The molecule has 27 heavy (non-hydrogen) atoms. The van der Waals surface area contributed by atoms with Crippen molar-refractivity contribution in [3.8, 4) is 0 Å². The largest absolute Gasteiger partial charge is 0.458 e. The van der Waals surface area contributed by atoms with Gasteiger partial charge in [0.15, 0.2) is 0 Å². The Balaban J connectivity index is 1.87. The van der Waals surface area contributed by atoms with Crippen LogP contribution in [-0.2, 0) is 28.6 Å². The van der Waals surface area contributed by atoms with Gasteiger partial charge in [-0.2, -0.15) is 39.0 Å². The number of hydrogen-bond donors (Lipinski definition) is 1. The zero-order valence-corrected chi connectivity index (χ0v) is 14.2. The Kier molecular flexibility index (Phi) is 4.40. The van der Waals surface area contributed by atoms with Crippen molar-refractivity contribution >= 4 is 30.5 Å². The fourth-order valence-corrected chi connectivity index (χ4v) is 4.41. The molecule has 0 aromatic heterocycles. The molecule has 2 aliphatic carbocycles. The highest BCUT2D eigenvalue weighted by atomic mass is 32.1. The first-order valence-electron chi connectivity index (χ1n) is 7.61. The maximum absolute atomic E-state index is 13.1. The van der Waals surface area contributed by atoms with Gasteiger partial charge in [-0.25, -0.2) is 0 Å². The van der Waals surface area contributed by atoms with E-state index in [2.05, 4.69) is 17.4 Å². The number of esters is 3. The van der Waals surface area contributed by atoms with Crippen molar-refractivity contribution in [3.05, 3.63) is 0 Å². The Morgan fingerprint density at radius 1 is 1.11 bits per heavy atom. The maximum atomic E-state index is 13.1. The number of hydrogen-bond acceptors (Lipinski definition) is 7. The lowest BCUT2D eigenvalue weighted by Gasteiger charge is -2.57. The van der Waals surface area contributed by atoms with E-state index in [0.717, 1.165) is 6.92 Å². The first-order chi connectivity index (χ1) is 12.3. The van der Waals surface area contributed by atoms with E-state index in [1.807, 2.05) is 0 Å². The van der Waals surface area contributed by atoms with Crippen LogP contribution in [0.4, 0.5) is 26.3 Å². The Hall–Kier alpha value is -1.66. The molecule has 0 amide bonds. The zero-order chi connectivity index (χ0) is 20.5. The molecular formula is C14H12F6O6S. The third-order valence-corrected chi connectivity index (χ3v) is 5.70. The first-order valence-corrected chi connectivity index (χ1v) is 8.25. The average molecular weight is 422 g/mol. The van der Waals surface area contributed by atoms with Gasteiger partial charge in [0.05, 0.1) is 11.8 Å². The summed E-state index contributed by atoms with van der Waals surface area (Å²) < 4.78 is 92.4. The predicted octanol–water partition coefficient (Wildman–Crippen LogP) is 1.67. The summed E-state index contributed by atoms with van der Waals surface area (Å²) in [4.78, 5) is 35.2. The topological polar surface area (TPSA) is 78.9 Å². The van der Waals surface area contributed by atoms with Gasteiger partial charge in [0, 0.05) is 24.5 Å². The summed E-state index contributed by atoms with van der Waals surface area (Å²) in [6, 6.07) is 0. The Morgan fingerprint density at radius 3 is 2.11 bits per heavy atom. The molecule has 0 N–H and O–H groups in total. The smallest absolute Gasteiger partial charge is 0.438 e. The second-order valence-corrected chi connectivity index (χ2v) is 6.90. The van der Waals surface area contributed by atoms with E-state index in [4.69, 9.17) is 9.47 Å². The van der Waals surface area contributed by atoms with E-state index in [1.165, 1.54) is 0 Å².